The van der Waals surface area contributed by atoms with Gasteiger partial charge in [-0.2, -0.15) is 5.26 Å². The van der Waals surface area contributed by atoms with Crippen LogP contribution in [0.1, 0.15) is 11.1 Å². The number of sulfone groups is 1. The van der Waals surface area contributed by atoms with E-state index < -0.39 is 9.84 Å². The van der Waals surface area contributed by atoms with Crippen LogP contribution in [0.25, 0.3) is 0 Å². The Bertz CT molecular complexity index is 748. The molecule has 0 atom stereocenters. The first-order chi connectivity index (χ1) is 9.04. The van der Waals surface area contributed by atoms with E-state index in [0.717, 1.165) is 0 Å². The second-order valence-corrected chi connectivity index (χ2v) is 6.32. The molecule has 0 bridgehead atoms. The van der Waals surface area contributed by atoms with Crippen LogP contribution in [0.3, 0.4) is 0 Å². The zero-order chi connectivity index (χ0) is 13.9. The maximum absolute atomic E-state index is 12.3. The molecular formula is C14H10ClNO2S. The lowest BCUT2D eigenvalue weighted by molar-refractivity contribution is 0.595. The molecule has 2 aromatic rings. The number of hydrogen-bond acceptors (Lipinski definition) is 3. The highest BCUT2D eigenvalue weighted by Gasteiger charge is 2.19. The number of rotatable bonds is 3. The largest absolute Gasteiger partial charge is 0.223 e. The summed E-state index contributed by atoms with van der Waals surface area (Å²) in [7, 11) is -3.56. The van der Waals surface area contributed by atoms with E-state index in [-0.39, 0.29) is 15.7 Å². The fourth-order valence-electron chi connectivity index (χ4n) is 1.73. The first kappa shape index (κ1) is 13.6. The Kier molecular flexibility index (Phi) is 3.89. The smallest absolute Gasteiger partial charge is 0.184 e. The minimum Gasteiger partial charge on any atom is -0.223 e. The van der Waals surface area contributed by atoms with Gasteiger partial charge >= 0.3 is 0 Å². The average molecular weight is 292 g/mol. The second kappa shape index (κ2) is 5.43. The number of halogens is 1. The van der Waals surface area contributed by atoms with Gasteiger partial charge in [-0.25, -0.2) is 8.42 Å². The van der Waals surface area contributed by atoms with Gasteiger partial charge in [0.2, 0.25) is 0 Å². The molecule has 0 aliphatic carbocycles. The molecule has 2 aromatic carbocycles. The zero-order valence-corrected chi connectivity index (χ0v) is 11.4. The molecule has 19 heavy (non-hydrogen) atoms. The molecule has 0 unspecified atom stereocenters. The molecular weight excluding hydrogens is 282 g/mol. The number of nitrogens with zero attached hydrogens (tertiary/aromatic N) is 1. The van der Waals surface area contributed by atoms with Crippen LogP contribution >= 0.6 is 11.6 Å². The molecule has 0 aromatic heterocycles. The molecule has 0 radical (unpaired) electrons. The molecule has 96 valence electrons. The molecule has 0 aliphatic rings. The third-order valence-electron chi connectivity index (χ3n) is 2.66. The number of hydrogen-bond donors (Lipinski definition) is 0. The quantitative estimate of drug-likeness (QED) is 0.872. The minimum absolute atomic E-state index is 0.0874. The lowest BCUT2D eigenvalue weighted by Crippen LogP contribution is -2.06. The van der Waals surface area contributed by atoms with Gasteiger partial charge in [0.15, 0.2) is 9.84 Å². The Labute approximate surface area is 117 Å². The van der Waals surface area contributed by atoms with E-state index in [4.69, 9.17) is 16.9 Å². The first-order valence-electron chi connectivity index (χ1n) is 5.50. The van der Waals surface area contributed by atoms with E-state index in [2.05, 4.69) is 0 Å². The Morgan fingerprint density at radius 3 is 2.37 bits per heavy atom. The lowest BCUT2D eigenvalue weighted by atomic mass is 10.1. The van der Waals surface area contributed by atoms with Crippen LogP contribution in [-0.2, 0) is 15.6 Å². The van der Waals surface area contributed by atoms with Crippen molar-refractivity contribution in [3.8, 4) is 6.07 Å². The molecule has 0 heterocycles. The van der Waals surface area contributed by atoms with E-state index >= 15 is 0 Å². The van der Waals surface area contributed by atoms with Gasteiger partial charge in [-0.1, -0.05) is 41.9 Å². The van der Waals surface area contributed by atoms with Gasteiger partial charge in [-0.3, -0.25) is 0 Å². The topological polar surface area (TPSA) is 57.9 Å². The van der Waals surface area contributed by atoms with Crippen LogP contribution < -0.4 is 0 Å². The SMILES string of the molecule is N#Cc1ccccc1CS(=O)(=O)c1ccccc1Cl. The van der Waals surface area contributed by atoms with Crippen LogP contribution in [0.15, 0.2) is 53.4 Å². The Hall–Kier alpha value is -1.83. The molecule has 2 rings (SSSR count). The summed E-state index contributed by atoms with van der Waals surface area (Å²) in [6.07, 6.45) is 0. The minimum atomic E-state index is -3.56. The molecule has 0 aliphatic heterocycles. The summed E-state index contributed by atoms with van der Waals surface area (Å²) < 4.78 is 24.6. The summed E-state index contributed by atoms with van der Waals surface area (Å²) in [5.41, 5.74) is 0.836. The van der Waals surface area contributed by atoms with E-state index in [9.17, 15) is 8.42 Å². The van der Waals surface area contributed by atoms with Crippen LogP contribution in [0.4, 0.5) is 0 Å². The zero-order valence-electron chi connectivity index (χ0n) is 9.88. The molecule has 0 spiro atoms. The molecule has 3 nitrogen and oxygen atoms in total. The maximum Gasteiger partial charge on any atom is 0.184 e. The summed E-state index contributed by atoms with van der Waals surface area (Å²) in [6, 6.07) is 14.9. The van der Waals surface area contributed by atoms with Crippen LogP contribution in [0.2, 0.25) is 5.02 Å². The van der Waals surface area contributed by atoms with Crippen molar-refractivity contribution < 1.29 is 8.42 Å². The normalized spacial score (nSPS) is 10.9. The van der Waals surface area contributed by atoms with Gasteiger partial charge in [0.05, 0.1) is 27.3 Å². The van der Waals surface area contributed by atoms with Crippen molar-refractivity contribution in [1.29, 1.82) is 5.26 Å². The number of benzene rings is 2. The van der Waals surface area contributed by atoms with E-state index in [1.165, 1.54) is 12.1 Å². The first-order valence-corrected chi connectivity index (χ1v) is 7.53. The van der Waals surface area contributed by atoms with Crippen molar-refractivity contribution in [3.63, 3.8) is 0 Å². The molecule has 0 N–H and O–H groups in total. The summed E-state index contributed by atoms with van der Waals surface area (Å²) in [5, 5.41) is 9.16. The highest BCUT2D eigenvalue weighted by atomic mass is 35.5. The predicted octanol–water partition coefficient (Wildman–Crippen LogP) is 3.19. The van der Waals surface area contributed by atoms with Crippen molar-refractivity contribution in [2.45, 2.75) is 10.6 Å². The summed E-state index contributed by atoms with van der Waals surface area (Å²) in [5.74, 6) is -0.236. The Balaban J connectivity index is 2.44. The lowest BCUT2D eigenvalue weighted by Gasteiger charge is -2.07. The summed E-state index contributed by atoms with van der Waals surface area (Å²) in [6.45, 7) is 0. The highest BCUT2D eigenvalue weighted by Crippen LogP contribution is 2.25. The second-order valence-electron chi connectivity index (χ2n) is 3.96. The molecule has 0 saturated heterocycles. The fraction of sp³-hybridized carbons (Fsp3) is 0.0714. The monoisotopic (exact) mass is 291 g/mol. The van der Waals surface area contributed by atoms with Gasteiger partial charge in [0.25, 0.3) is 0 Å². The predicted molar refractivity (Wildman–Crippen MR) is 73.5 cm³/mol. The van der Waals surface area contributed by atoms with E-state index in [0.29, 0.717) is 11.1 Å². The van der Waals surface area contributed by atoms with Crippen molar-refractivity contribution in [3.05, 3.63) is 64.7 Å². The van der Waals surface area contributed by atoms with E-state index in [1.54, 1.807) is 36.4 Å². The van der Waals surface area contributed by atoms with Crippen molar-refractivity contribution in [1.82, 2.24) is 0 Å². The molecule has 5 heteroatoms. The van der Waals surface area contributed by atoms with Crippen molar-refractivity contribution in [2.24, 2.45) is 0 Å². The van der Waals surface area contributed by atoms with Gasteiger partial charge in [0.1, 0.15) is 0 Å². The summed E-state index contributed by atoms with van der Waals surface area (Å²) in [4.78, 5) is 0.0874. The standard InChI is InChI=1S/C14H10ClNO2S/c15-13-7-3-4-8-14(13)19(17,18)10-12-6-2-1-5-11(12)9-16/h1-8H,10H2. The molecule has 0 fully saturated rings. The van der Waals surface area contributed by atoms with Gasteiger partial charge < -0.3 is 0 Å². The third kappa shape index (κ3) is 2.95. The van der Waals surface area contributed by atoms with Crippen molar-refractivity contribution in [2.75, 3.05) is 0 Å². The van der Waals surface area contributed by atoms with Gasteiger partial charge in [0, 0.05) is 0 Å². The van der Waals surface area contributed by atoms with Crippen LogP contribution in [-0.4, -0.2) is 8.42 Å². The molecule has 0 amide bonds. The van der Waals surface area contributed by atoms with Gasteiger partial charge in [-0.05, 0) is 23.8 Å². The third-order valence-corrected chi connectivity index (χ3v) is 4.81. The van der Waals surface area contributed by atoms with E-state index in [1.807, 2.05) is 6.07 Å². The van der Waals surface area contributed by atoms with Gasteiger partial charge in [-0.15, -0.1) is 0 Å². The highest BCUT2D eigenvalue weighted by molar-refractivity contribution is 7.90. The van der Waals surface area contributed by atoms with Crippen LogP contribution in [0.5, 0.6) is 0 Å². The Morgan fingerprint density at radius 2 is 1.68 bits per heavy atom. The van der Waals surface area contributed by atoms with Crippen LogP contribution in [0, 0.1) is 11.3 Å². The summed E-state index contributed by atoms with van der Waals surface area (Å²) >= 11 is 5.90. The van der Waals surface area contributed by atoms with Crippen molar-refractivity contribution >= 4 is 21.4 Å². The fourth-order valence-corrected chi connectivity index (χ4v) is 3.69. The maximum atomic E-state index is 12.3. The Morgan fingerprint density at radius 1 is 1.05 bits per heavy atom. The molecule has 0 saturated carbocycles. The number of nitriles is 1. The average Bonchev–Trinajstić information content (AvgIpc) is 2.39.